The van der Waals surface area contributed by atoms with E-state index < -0.39 is 5.91 Å². The Balaban J connectivity index is 1.95. The van der Waals surface area contributed by atoms with Crippen LogP contribution in [0.25, 0.3) is 0 Å². The molecule has 1 atom stereocenters. The van der Waals surface area contributed by atoms with Crippen LogP contribution < -0.4 is 21.3 Å². The molecule has 2 amide bonds. The molecule has 1 unspecified atom stereocenters. The fourth-order valence-electron chi connectivity index (χ4n) is 2.68. The first kappa shape index (κ1) is 18.8. The van der Waals surface area contributed by atoms with Gasteiger partial charge in [0.25, 0.3) is 5.91 Å². The van der Waals surface area contributed by atoms with E-state index in [1.165, 1.54) is 0 Å². The van der Waals surface area contributed by atoms with Crippen molar-refractivity contribution in [1.29, 1.82) is 0 Å². The maximum atomic E-state index is 12.3. The first-order chi connectivity index (χ1) is 11.9. The topological polar surface area (TPSA) is 135 Å². The molecule has 0 radical (unpaired) electrons. The predicted octanol–water partition coefficient (Wildman–Crippen LogP) is -0.620. The summed E-state index contributed by atoms with van der Waals surface area (Å²) in [6, 6.07) is -0.0993. The average Bonchev–Trinajstić information content (AvgIpc) is 2.61. The van der Waals surface area contributed by atoms with Crippen molar-refractivity contribution in [3.8, 4) is 0 Å². The third-order valence-corrected chi connectivity index (χ3v) is 4.02. The Morgan fingerprint density at radius 2 is 2.04 bits per heavy atom. The van der Waals surface area contributed by atoms with Crippen molar-refractivity contribution in [3.63, 3.8) is 0 Å². The molecule has 0 aromatic carbocycles. The van der Waals surface area contributed by atoms with Crippen molar-refractivity contribution in [2.45, 2.75) is 25.8 Å². The predicted molar refractivity (Wildman–Crippen MR) is 92.3 cm³/mol. The summed E-state index contributed by atoms with van der Waals surface area (Å²) in [6.07, 6.45) is 1.50. The quantitative estimate of drug-likeness (QED) is 0.591. The van der Waals surface area contributed by atoms with Gasteiger partial charge in [-0.05, 0) is 19.8 Å². The van der Waals surface area contributed by atoms with Gasteiger partial charge in [0.1, 0.15) is 0 Å². The first-order valence-electron chi connectivity index (χ1n) is 8.24. The number of hydrogen-bond donors (Lipinski definition) is 3. The summed E-state index contributed by atoms with van der Waals surface area (Å²) >= 11 is 0. The minimum atomic E-state index is -0.698. The molecule has 4 N–H and O–H groups in total. The maximum absolute atomic E-state index is 12.3. The zero-order valence-corrected chi connectivity index (χ0v) is 14.8. The molecule has 1 saturated heterocycles. The van der Waals surface area contributed by atoms with Crippen molar-refractivity contribution >= 4 is 23.6 Å². The Kier molecular flexibility index (Phi) is 6.45. The molecule has 138 valence electrons. The monoisotopic (exact) mass is 351 g/mol. The van der Waals surface area contributed by atoms with E-state index in [0.29, 0.717) is 25.7 Å². The van der Waals surface area contributed by atoms with E-state index in [1.54, 1.807) is 19.0 Å². The van der Waals surface area contributed by atoms with Crippen LogP contribution in [-0.4, -0.2) is 66.9 Å². The molecule has 1 aliphatic rings. The summed E-state index contributed by atoms with van der Waals surface area (Å²) < 4.78 is 5.27. The van der Waals surface area contributed by atoms with E-state index >= 15 is 0 Å². The van der Waals surface area contributed by atoms with Gasteiger partial charge in [0.2, 0.25) is 11.9 Å². The summed E-state index contributed by atoms with van der Waals surface area (Å²) in [5.74, 6) is -0.0474. The lowest BCUT2D eigenvalue weighted by molar-refractivity contribution is -0.128. The zero-order valence-electron chi connectivity index (χ0n) is 14.8. The molecular weight excluding hydrogens is 326 g/mol. The Bertz CT molecular complexity index is 619. The molecular formula is C15H25N7O3. The Labute approximate surface area is 146 Å². The lowest BCUT2D eigenvalue weighted by atomic mass is 9.99. The number of aromatic nitrogens is 3. The van der Waals surface area contributed by atoms with Gasteiger partial charge in [-0.2, -0.15) is 4.98 Å². The maximum Gasteiger partial charge on any atom is 0.273 e. The van der Waals surface area contributed by atoms with Gasteiger partial charge in [0.05, 0.1) is 0 Å². The van der Waals surface area contributed by atoms with E-state index in [0.717, 1.165) is 12.8 Å². The van der Waals surface area contributed by atoms with E-state index in [-0.39, 0.29) is 29.4 Å². The zero-order chi connectivity index (χ0) is 18.4. The van der Waals surface area contributed by atoms with Crippen molar-refractivity contribution < 1.29 is 14.3 Å². The normalized spacial score (nSPS) is 16.1. The molecule has 2 rings (SSSR count). The Morgan fingerprint density at radius 1 is 1.36 bits per heavy atom. The number of carbonyl (C=O) groups is 2. The Hall–Kier alpha value is -2.49. The molecule has 1 aromatic rings. The molecule has 0 aliphatic carbocycles. The minimum absolute atomic E-state index is 0.00478. The second-order valence-electron chi connectivity index (χ2n) is 6.10. The fourth-order valence-corrected chi connectivity index (χ4v) is 2.68. The van der Waals surface area contributed by atoms with Crippen LogP contribution in [0, 0.1) is 5.92 Å². The van der Waals surface area contributed by atoms with Crippen LogP contribution in [0.5, 0.6) is 0 Å². The smallest absolute Gasteiger partial charge is 0.273 e. The van der Waals surface area contributed by atoms with Crippen LogP contribution in [-0.2, 0) is 9.53 Å². The highest BCUT2D eigenvalue weighted by Gasteiger charge is 2.23. The second kappa shape index (κ2) is 8.56. The van der Waals surface area contributed by atoms with E-state index in [2.05, 4.69) is 25.8 Å². The molecule has 25 heavy (non-hydrogen) atoms. The molecule has 10 heteroatoms. The molecule has 1 aliphatic heterocycles. The van der Waals surface area contributed by atoms with Gasteiger partial charge in [-0.1, -0.05) is 0 Å². The third-order valence-electron chi connectivity index (χ3n) is 4.02. The molecule has 2 heterocycles. The number of hydrogen-bond acceptors (Lipinski definition) is 8. The highest BCUT2D eigenvalue weighted by atomic mass is 16.5. The minimum Gasteiger partial charge on any atom is -0.381 e. The van der Waals surface area contributed by atoms with Crippen molar-refractivity contribution in [1.82, 2.24) is 20.5 Å². The number of nitrogens with zero attached hydrogens (tertiary/aromatic N) is 4. The number of carbonyl (C=O) groups excluding carboxylic acids is 2. The lowest BCUT2D eigenvalue weighted by Crippen LogP contribution is -2.44. The van der Waals surface area contributed by atoms with Gasteiger partial charge < -0.3 is 26.0 Å². The highest BCUT2D eigenvalue weighted by molar-refractivity contribution is 5.95. The number of nitrogens with two attached hydrogens (primary N) is 1. The van der Waals surface area contributed by atoms with Gasteiger partial charge in [0.15, 0.2) is 11.5 Å². The first-order valence-corrected chi connectivity index (χ1v) is 8.24. The summed E-state index contributed by atoms with van der Waals surface area (Å²) in [5.41, 5.74) is 5.22. The summed E-state index contributed by atoms with van der Waals surface area (Å²) in [7, 11) is 3.41. The highest BCUT2D eigenvalue weighted by Crippen LogP contribution is 2.15. The number of anilines is 2. The van der Waals surface area contributed by atoms with Gasteiger partial charge in [-0.15, -0.1) is 10.2 Å². The van der Waals surface area contributed by atoms with Crippen LogP contribution in [0.1, 0.15) is 30.3 Å². The van der Waals surface area contributed by atoms with Crippen LogP contribution in [0.2, 0.25) is 0 Å². The molecule has 0 bridgehead atoms. The van der Waals surface area contributed by atoms with Crippen LogP contribution in [0.3, 0.4) is 0 Å². The van der Waals surface area contributed by atoms with Crippen molar-refractivity contribution in [2.75, 3.05) is 44.1 Å². The van der Waals surface area contributed by atoms with Gasteiger partial charge in [-0.25, -0.2) is 0 Å². The molecule has 1 aromatic heterocycles. The fraction of sp³-hybridized carbons (Fsp3) is 0.667. The van der Waals surface area contributed by atoms with E-state index in [9.17, 15) is 9.59 Å². The Morgan fingerprint density at radius 3 is 2.64 bits per heavy atom. The molecule has 10 nitrogen and oxygen atoms in total. The number of rotatable bonds is 7. The summed E-state index contributed by atoms with van der Waals surface area (Å²) in [5, 5.41) is 13.5. The molecule has 0 spiro atoms. The second-order valence-corrected chi connectivity index (χ2v) is 6.10. The van der Waals surface area contributed by atoms with Crippen LogP contribution in [0.4, 0.5) is 11.8 Å². The van der Waals surface area contributed by atoms with Gasteiger partial charge in [-0.3, -0.25) is 9.59 Å². The molecule has 0 saturated carbocycles. The standard InChI is InChI=1S/C15H25N7O3/c1-9(18-14(24)10-4-6-25-7-5-10)8-22(3)15-19-13(17-2)11(12(16)23)20-21-15/h9-10H,4-8H2,1-3H3,(H2,16,23)(H,18,24)(H,17,19,21). The number of primary amides is 1. The van der Waals surface area contributed by atoms with E-state index in [4.69, 9.17) is 10.5 Å². The largest absolute Gasteiger partial charge is 0.381 e. The SMILES string of the molecule is CNc1nc(N(C)CC(C)NC(=O)C2CCOCC2)nnc1C(N)=O. The number of likely N-dealkylation sites (N-methyl/N-ethyl adjacent to an activating group) is 1. The summed E-state index contributed by atoms with van der Waals surface area (Å²) in [6.45, 7) is 3.67. The van der Waals surface area contributed by atoms with Gasteiger partial charge in [0, 0.05) is 45.8 Å². The number of nitrogens with one attached hydrogen (secondary N) is 2. The van der Waals surface area contributed by atoms with Crippen LogP contribution in [0.15, 0.2) is 0 Å². The van der Waals surface area contributed by atoms with Crippen molar-refractivity contribution in [3.05, 3.63) is 5.69 Å². The molecule has 1 fully saturated rings. The van der Waals surface area contributed by atoms with E-state index in [1.807, 2.05) is 6.92 Å². The van der Waals surface area contributed by atoms with Crippen molar-refractivity contribution in [2.24, 2.45) is 11.7 Å². The summed E-state index contributed by atoms with van der Waals surface area (Å²) in [4.78, 5) is 29.5. The number of ether oxygens (including phenoxy) is 1. The lowest BCUT2D eigenvalue weighted by Gasteiger charge is -2.26. The third kappa shape index (κ3) is 4.99. The number of amides is 2. The van der Waals surface area contributed by atoms with Gasteiger partial charge >= 0.3 is 0 Å². The average molecular weight is 351 g/mol. The van der Waals surface area contributed by atoms with Crippen LogP contribution >= 0.6 is 0 Å².